The topological polar surface area (TPSA) is 134 Å². The van der Waals surface area contributed by atoms with E-state index in [1.54, 1.807) is 0 Å². The molecule has 0 aliphatic carbocycles. The highest BCUT2D eigenvalue weighted by molar-refractivity contribution is 7.89. The van der Waals surface area contributed by atoms with Crippen LogP contribution < -0.4 is 14.8 Å². The van der Waals surface area contributed by atoms with Gasteiger partial charge in [0.15, 0.2) is 6.35 Å². The van der Waals surface area contributed by atoms with Crippen LogP contribution in [0.15, 0.2) is 41.6 Å². The summed E-state index contributed by atoms with van der Waals surface area (Å²) in [7, 11) is -3.95. The lowest BCUT2D eigenvalue weighted by atomic mass is 10.3. The zero-order valence-electron chi connectivity index (χ0n) is 15.5. The molecule has 2 heterocycles. The van der Waals surface area contributed by atoms with E-state index in [1.165, 1.54) is 35.5 Å². The van der Waals surface area contributed by atoms with Gasteiger partial charge < -0.3 is 15.2 Å². The van der Waals surface area contributed by atoms with Crippen molar-refractivity contribution in [1.82, 2.24) is 24.9 Å². The minimum Gasteiger partial charge on any atom is -0.488 e. The van der Waals surface area contributed by atoms with Crippen LogP contribution in [0.25, 0.3) is 0 Å². The van der Waals surface area contributed by atoms with Gasteiger partial charge in [-0.2, -0.15) is 0 Å². The molecular weight excluding hydrogens is 424 g/mol. The molecule has 1 amide bonds. The first-order chi connectivity index (χ1) is 14.2. The normalized spacial score (nSPS) is 17.3. The van der Waals surface area contributed by atoms with E-state index in [-0.39, 0.29) is 42.0 Å². The number of amides is 1. The minimum absolute atomic E-state index is 0.0100. The second-order valence-electron chi connectivity index (χ2n) is 6.36. The Balaban J connectivity index is 1.58. The van der Waals surface area contributed by atoms with Crippen LogP contribution in [0, 0.1) is 0 Å². The second kappa shape index (κ2) is 9.38. The number of sulfonamides is 1. The highest BCUT2D eigenvalue weighted by atomic mass is 32.2. The number of nitrogens with zero attached hydrogens (tertiary/aromatic N) is 3. The lowest BCUT2D eigenvalue weighted by Crippen LogP contribution is -2.35. The Bertz CT molecular complexity index is 990. The van der Waals surface area contributed by atoms with Gasteiger partial charge in [0.1, 0.15) is 18.2 Å². The quantitative estimate of drug-likeness (QED) is 0.486. The largest absolute Gasteiger partial charge is 0.488 e. The Kier molecular flexibility index (Phi) is 6.87. The van der Waals surface area contributed by atoms with Crippen molar-refractivity contribution in [3.63, 3.8) is 0 Å². The van der Waals surface area contributed by atoms with Crippen molar-refractivity contribution in [2.45, 2.75) is 30.8 Å². The fourth-order valence-electron chi connectivity index (χ4n) is 2.62. The van der Waals surface area contributed by atoms with Crippen LogP contribution in [0.5, 0.6) is 5.75 Å². The molecule has 13 heteroatoms. The van der Waals surface area contributed by atoms with Crippen molar-refractivity contribution < 1.29 is 31.8 Å². The Morgan fingerprint density at radius 3 is 2.70 bits per heavy atom. The van der Waals surface area contributed by atoms with Crippen LogP contribution in [0.1, 0.15) is 11.4 Å². The number of carbonyl (C=O) groups is 1. The fourth-order valence-corrected chi connectivity index (χ4v) is 3.63. The molecule has 0 saturated carbocycles. The molecule has 2 aromatic rings. The van der Waals surface area contributed by atoms with E-state index >= 15 is 0 Å². The van der Waals surface area contributed by atoms with E-state index in [1.807, 2.05) is 0 Å². The highest BCUT2D eigenvalue weighted by Crippen LogP contribution is 2.18. The molecule has 0 bridgehead atoms. The summed E-state index contributed by atoms with van der Waals surface area (Å²) in [5.41, 5.74) is 0.626. The zero-order valence-corrected chi connectivity index (χ0v) is 16.3. The molecular formula is C17H19F2N5O5S. The maximum absolute atomic E-state index is 12.4. The van der Waals surface area contributed by atoms with Gasteiger partial charge in [-0.3, -0.25) is 4.79 Å². The number of benzene rings is 1. The van der Waals surface area contributed by atoms with Crippen molar-refractivity contribution >= 4 is 15.9 Å². The first kappa shape index (κ1) is 22.0. The molecule has 3 N–H and O–H groups in total. The molecule has 0 spiro atoms. The van der Waals surface area contributed by atoms with Gasteiger partial charge in [0.2, 0.25) is 15.9 Å². The van der Waals surface area contributed by atoms with Crippen molar-refractivity contribution in [3.05, 3.63) is 48.0 Å². The van der Waals surface area contributed by atoms with Crippen LogP contribution in [-0.2, 0) is 27.9 Å². The summed E-state index contributed by atoms with van der Waals surface area (Å²) >= 11 is 0. The van der Waals surface area contributed by atoms with Gasteiger partial charge in [0.25, 0.3) is 6.43 Å². The molecule has 1 unspecified atom stereocenters. The van der Waals surface area contributed by atoms with Crippen molar-refractivity contribution in [2.24, 2.45) is 0 Å². The Labute approximate surface area is 170 Å². The molecule has 1 aromatic carbocycles. The number of aliphatic hydroxyl groups is 1. The number of rotatable bonds is 9. The third-order valence-corrected chi connectivity index (χ3v) is 5.44. The van der Waals surface area contributed by atoms with Crippen LogP contribution in [0.2, 0.25) is 0 Å². The minimum atomic E-state index is -3.95. The Hall–Kier alpha value is -2.74. The standard InChI is InChI=1S/C17H19F2N5O5S/c18-14(19)10-29-12-2-1-3-13(4-12)30(27,28)22-7-15-20-5-11(6-21-15)8-24-9-16(25)23-17(24)26/h1-6,14,17,22,26H,7-10H2,(H,23,25). The Morgan fingerprint density at radius 2 is 2.07 bits per heavy atom. The lowest BCUT2D eigenvalue weighted by Gasteiger charge is -2.17. The maximum Gasteiger partial charge on any atom is 0.272 e. The molecule has 1 aliphatic heterocycles. The number of aliphatic hydroxyl groups excluding tert-OH is 1. The summed E-state index contributed by atoms with van der Waals surface area (Å²) in [5, 5.41) is 12.0. The molecule has 1 fully saturated rings. The molecule has 10 nitrogen and oxygen atoms in total. The van der Waals surface area contributed by atoms with Gasteiger partial charge in [-0.1, -0.05) is 6.07 Å². The summed E-state index contributed by atoms with van der Waals surface area (Å²) < 4.78 is 56.5. The smallest absolute Gasteiger partial charge is 0.272 e. The molecule has 30 heavy (non-hydrogen) atoms. The molecule has 3 rings (SSSR count). The molecule has 1 aliphatic rings. The molecule has 1 aromatic heterocycles. The number of carbonyl (C=O) groups excluding carboxylic acids is 1. The predicted octanol–water partition coefficient (Wildman–Crippen LogP) is -0.193. The number of hydrogen-bond donors (Lipinski definition) is 3. The van der Waals surface area contributed by atoms with E-state index in [0.717, 1.165) is 6.07 Å². The van der Waals surface area contributed by atoms with E-state index in [4.69, 9.17) is 4.74 Å². The maximum atomic E-state index is 12.4. The van der Waals surface area contributed by atoms with Crippen molar-refractivity contribution in [2.75, 3.05) is 13.2 Å². The summed E-state index contributed by atoms with van der Waals surface area (Å²) in [6.45, 7) is -0.757. The Morgan fingerprint density at radius 1 is 1.33 bits per heavy atom. The summed E-state index contributed by atoms with van der Waals surface area (Å²) in [4.78, 5) is 20.7. The van der Waals surface area contributed by atoms with Crippen LogP contribution in [0.4, 0.5) is 8.78 Å². The number of alkyl halides is 2. The highest BCUT2D eigenvalue weighted by Gasteiger charge is 2.27. The molecule has 1 atom stereocenters. The summed E-state index contributed by atoms with van der Waals surface area (Å²) in [6.07, 6.45) is -0.825. The summed E-state index contributed by atoms with van der Waals surface area (Å²) in [5.74, 6) is -0.0856. The van der Waals surface area contributed by atoms with Crippen LogP contribution >= 0.6 is 0 Å². The van der Waals surface area contributed by atoms with Crippen LogP contribution in [0.3, 0.4) is 0 Å². The number of hydrogen-bond acceptors (Lipinski definition) is 8. The van der Waals surface area contributed by atoms with Crippen molar-refractivity contribution in [3.8, 4) is 5.75 Å². The SMILES string of the molecule is O=C1CN(Cc2cnc(CNS(=O)(=O)c3cccc(OCC(F)F)c3)nc2)C(O)N1. The van der Waals surface area contributed by atoms with Gasteiger partial charge in [0.05, 0.1) is 18.0 Å². The third kappa shape index (κ3) is 5.89. The monoisotopic (exact) mass is 443 g/mol. The third-order valence-electron chi connectivity index (χ3n) is 4.04. The first-order valence-electron chi connectivity index (χ1n) is 8.75. The average molecular weight is 443 g/mol. The van der Waals surface area contributed by atoms with E-state index in [2.05, 4.69) is 20.0 Å². The average Bonchev–Trinajstić information content (AvgIpc) is 3.03. The van der Waals surface area contributed by atoms with Crippen molar-refractivity contribution in [1.29, 1.82) is 0 Å². The van der Waals surface area contributed by atoms with Gasteiger partial charge >= 0.3 is 0 Å². The zero-order chi connectivity index (χ0) is 21.7. The number of ether oxygens (including phenoxy) is 1. The van der Waals surface area contributed by atoms with Crippen LogP contribution in [-0.4, -0.2) is 60.2 Å². The second-order valence-corrected chi connectivity index (χ2v) is 8.12. The number of halogens is 2. The lowest BCUT2D eigenvalue weighted by molar-refractivity contribution is -0.119. The number of nitrogens with one attached hydrogen (secondary N) is 2. The summed E-state index contributed by atoms with van der Waals surface area (Å²) in [6, 6.07) is 5.21. The fraction of sp³-hybridized carbons (Fsp3) is 0.353. The molecule has 0 radical (unpaired) electrons. The molecule has 1 saturated heterocycles. The number of aromatic nitrogens is 2. The van der Waals surface area contributed by atoms with Gasteiger partial charge in [-0.15, -0.1) is 0 Å². The van der Waals surface area contributed by atoms with Gasteiger partial charge in [0, 0.05) is 30.6 Å². The van der Waals surface area contributed by atoms with E-state index < -0.39 is 29.4 Å². The van der Waals surface area contributed by atoms with E-state index in [9.17, 15) is 27.1 Å². The van der Waals surface area contributed by atoms with E-state index in [0.29, 0.717) is 5.56 Å². The molecule has 162 valence electrons. The van der Waals surface area contributed by atoms with Gasteiger partial charge in [-0.25, -0.2) is 36.8 Å². The van der Waals surface area contributed by atoms with Gasteiger partial charge in [-0.05, 0) is 12.1 Å². The first-order valence-corrected chi connectivity index (χ1v) is 10.2. The predicted molar refractivity (Wildman–Crippen MR) is 98.6 cm³/mol.